The van der Waals surface area contributed by atoms with Crippen molar-refractivity contribution in [2.75, 3.05) is 25.0 Å². The molecule has 4 unspecified atom stereocenters. The number of hydrogen-bond donors (Lipinski definition) is 3. The lowest BCUT2D eigenvalue weighted by atomic mass is 10.1. The molecule has 0 spiro atoms. The highest BCUT2D eigenvalue weighted by Gasteiger charge is 2.56. The molecule has 9 nitrogen and oxygen atoms in total. The van der Waals surface area contributed by atoms with E-state index in [-0.39, 0.29) is 46.3 Å². The number of rotatable bonds is 6. The fourth-order valence-electron chi connectivity index (χ4n) is 4.67. The number of amides is 2. The monoisotopic (exact) mass is 458 g/mol. The largest absolute Gasteiger partial charge is 0.353 e. The van der Waals surface area contributed by atoms with Gasteiger partial charge in [0.05, 0.1) is 17.5 Å². The molecule has 0 bridgehead atoms. The zero-order valence-corrected chi connectivity index (χ0v) is 19.8. The lowest BCUT2D eigenvalue weighted by Crippen LogP contribution is -2.50. The summed E-state index contributed by atoms with van der Waals surface area (Å²) in [6.45, 7) is 8.23. The first-order valence-electron chi connectivity index (χ1n) is 11.2. The van der Waals surface area contributed by atoms with Crippen molar-refractivity contribution in [3.8, 4) is 0 Å². The summed E-state index contributed by atoms with van der Waals surface area (Å²) in [4.78, 5) is 43.2. The summed E-state index contributed by atoms with van der Waals surface area (Å²) in [5.41, 5.74) is 1.68. The Labute approximate surface area is 191 Å². The van der Waals surface area contributed by atoms with Crippen LogP contribution in [0.2, 0.25) is 0 Å². The van der Waals surface area contributed by atoms with E-state index in [1.54, 1.807) is 27.8 Å². The number of halogens is 1. The van der Waals surface area contributed by atoms with E-state index in [0.717, 1.165) is 5.69 Å². The van der Waals surface area contributed by atoms with Crippen LogP contribution in [0.15, 0.2) is 10.9 Å². The van der Waals surface area contributed by atoms with E-state index in [4.69, 9.17) is 0 Å². The molecule has 2 amide bonds. The summed E-state index contributed by atoms with van der Waals surface area (Å²) in [6, 6.07) is 0.461. The Morgan fingerprint density at radius 1 is 1.15 bits per heavy atom. The third-order valence-electron chi connectivity index (χ3n) is 7.29. The number of hydrogen-bond acceptors (Lipinski definition) is 7. The van der Waals surface area contributed by atoms with Crippen LogP contribution in [0, 0.1) is 31.5 Å². The molecular weight excluding hydrogens is 427 g/mol. The molecule has 1 saturated carbocycles. The highest BCUT2D eigenvalue weighted by molar-refractivity contribution is 5.99. The molecule has 3 N–H and O–H groups in total. The molecule has 2 fully saturated rings. The number of aromatic nitrogens is 2. The van der Waals surface area contributed by atoms with Gasteiger partial charge < -0.3 is 20.1 Å². The Bertz CT molecular complexity index is 1180. The topological polar surface area (TPSA) is 108 Å². The second kappa shape index (κ2) is 8.49. The number of imide groups is 1. The van der Waals surface area contributed by atoms with E-state index in [9.17, 15) is 18.8 Å². The molecule has 33 heavy (non-hydrogen) atoms. The average molecular weight is 459 g/mol. The fraction of sp³-hybridized carbons (Fsp3) is 0.565. The number of fused-ring (bicyclic) bond motifs is 2. The molecule has 4 rings (SSSR count). The van der Waals surface area contributed by atoms with Crippen molar-refractivity contribution < 1.29 is 14.0 Å². The molecule has 1 saturated heterocycles. The van der Waals surface area contributed by atoms with Crippen LogP contribution >= 0.6 is 0 Å². The van der Waals surface area contributed by atoms with Gasteiger partial charge in [-0.3, -0.25) is 19.7 Å². The number of carbonyl (C=O) groups excluding carboxylic acids is 2. The van der Waals surface area contributed by atoms with E-state index in [1.165, 1.54) is 6.07 Å². The van der Waals surface area contributed by atoms with Crippen LogP contribution in [0.1, 0.15) is 25.1 Å². The van der Waals surface area contributed by atoms with E-state index in [2.05, 4.69) is 20.9 Å². The number of carbonyl (C=O) groups is 2. The Hall–Kier alpha value is -2.85. The highest BCUT2D eigenvalue weighted by atomic mass is 19.1. The second-order valence-corrected chi connectivity index (χ2v) is 9.27. The van der Waals surface area contributed by atoms with Crippen LogP contribution in [0.3, 0.4) is 0 Å². The lowest BCUT2D eigenvalue weighted by Gasteiger charge is -2.24. The second-order valence-electron chi connectivity index (χ2n) is 9.27. The summed E-state index contributed by atoms with van der Waals surface area (Å²) in [5.74, 6) is -0.434. The molecule has 3 heterocycles. The van der Waals surface area contributed by atoms with Crippen molar-refractivity contribution in [3.63, 3.8) is 0 Å². The SMILES string of the molecule is CNC(C)C(=O)NC(=O)C(C)NC1C2CN(c3nc4c(cc3F)c(=O)c(C)c(C)n4C)CC21. The molecule has 178 valence electrons. The zero-order chi connectivity index (χ0) is 24.2. The summed E-state index contributed by atoms with van der Waals surface area (Å²) in [5, 5.41) is 8.78. The van der Waals surface area contributed by atoms with E-state index in [1.807, 2.05) is 23.4 Å². The Kier molecular flexibility index (Phi) is 6.00. The quantitative estimate of drug-likeness (QED) is 0.573. The number of piperidine rings is 1. The molecule has 2 aromatic heterocycles. The minimum atomic E-state index is -0.515. The van der Waals surface area contributed by atoms with Gasteiger partial charge in [0.2, 0.25) is 11.8 Å². The van der Waals surface area contributed by atoms with Crippen molar-refractivity contribution >= 4 is 28.7 Å². The van der Waals surface area contributed by atoms with E-state index >= 15 is 0 Å². The summed E-state index contributed by atoms with van der Waals surface area (Å²) in [6.07, 6.45) is 0. The molecule has 1 aliphatic carbocycles. The first-order chi connectivity index (χ1) is 15.5. The molecule has 0 radical (unpaired) electrons. The van der Waals surface area contributed by atoms with Gasteiger partial charge in [-0.1, -0.05) is 0 Å². The number of nitrogens with one attached hydrogen (secondary N) is 3. The van der Waals surface area contributed by atoms with Gasteiger partial charge in [-0.2, -0.15) is 0 Å². The standard InChI is InChI=1S/C23H31FN6O3/c1-10-13(4)29(6)20-14(19(10)31)7-17(24)21(27-20)30-8-15-16(9-30)18(15)26-12(3)23(33)28-22(32)11(2)25-5/h7,11-12,15-16,18,25-26H,8-9H2,1-6H3,(H,28,32,33). The van der Waals surface area contributed by atoms with Crippen LogP contribution in [0.5, 0.6) is 0 Å². The predicted octanol–water partition coefficient (Wildman–Crippen LogP) is 0.353. The summed E-state index contributed by atoms with van der Waals surface area (Å²) < 4.78 is 16.8. The normalized spacial score (nSPS) is 23.4. The number of pyridine rings is 2. The van der Waals surface area contributed by atoms with Crippen LogP contribution in [-0.2, 0) is 16.6 Å². The van der Waals surface area contributed by atoms with E-state index in [0.29, 0.717) is 24.3 Å². The third kappa shape index (κ3) is 4.02. The van der Waals surface area contributed by atoms with E-state index < -0.39 is 17.9 Å². The van der Waals surface area contributed by atoms with Crippen molar-refractivity contribution in [2.45, 2.75) is 45.8 Å². The van der Waals surface area contributed by atoms with Gasteiger partial charge in [0.15, 0.2) is 17.1 Å². The average Bonchev–Trinajstić information content (AvgIpc) is 3.22. The summed E-state index contributed by atoms with van der Waals surface area (Å²) >= 11 is 0. The first-order valence-corrected chi connectivity index (χ1v) is 11.2. The van der Waals surface area contributed by atoms with Gasteiger partial charge in [-0.25, -0.2) is 9.37 Å². The van der Waals surface area contributed by atoms with Crippen LogP contribution < -0.4 is 26.3 Å². The number of nitrogens with zero attached hydrogens (tertiary/aromatic N) is 3. The van der Waals surface area contributed by atoms with Gasteiger partial charge in [0.1, 0.15) is 5.65 Å². The predicted molar refractivity (Wildman–Crippen MR) is 124 cm³/mol. The smallest absolute Gasteiger partial charge is 0.243 e. The summed E-state index contributed by atoms with van der Waals surface area (Å²) in [7, 11) is 3.48. The maximum absolute atomic E-state index is 14.9. The molecular formula is C23H31FN6O3. The van der Waals surface area contributed by atoms with Crippen LogP contribution in [-0.4, -0.2) is 59.6 Å². The van der Waals surface area contributed by atoms with Crippen LogP contribution in [0.25, 0.3) is 11.0 Å². The van der Waals surface area contributed by atoms with Gasteiger partial charge in [0.25, 0.3) is 0 Å². The third-order valence-corrected chi connectivity index (χ3v) is 7.29. The Balaban J connectivity index is 1.43. The molecule has 0 aromatic carbocycles. The van der Waals surface area contributed by atoms with Crippen molar-refractivity contribution in [1.82, 2.24) is 25.5 Å². The van der Waals surface area contributed by atoms with Gasteiger partial charge in [-0.05, 0) is 52.6 Å². The van der Waals surface area contributed by atoms with Crippen LogP contribution in [0.4, 0.5) is 10.2 Å². The van der Waals surface area contributed by atoms with Gasteiger partial charge in [-0.15, -0.1) is 0 Å². The number of anilines is 1. The zero-order valence-electron chi connectivity index (χ0n) is 19.8. The molecule has 10 heteroatoms. The minimum Gasteiger partial charge on any atom is -0.353 e. The van der Waals surface area contributed by atoms with Crippen molar-refractivity contribution in [2.24, 2.45) is 18.9 Å². The number of likely N-dealkylation sites (N-methyl/N-ethyl adjacent to an activating group) is 1. The highest BCUT2D eigenvalue weighted by Crippen LogP contribution is 2.47. The fourth-order valence-corrected chi connectivity index (χ4v) is 4.67. The molecule has 4 atom stereocenters. The lowest BCUT2D eigenvalue weighted by molar-refractivity contribution is -0.132. The van der Waals surface area contributed by atoms with Gasteiger partial charge in [0, 0.05) is 37.4 Å². The molecule has 1 aliphatic heterocycles. The Morgan fingerprint density at radius 2 is 1.76 bits per heavy atom. The van der Waals surface area contributed by atoms with Crippen molar-refractivity contribution in [1.29, 1.82) is 0 Å². The Morgan fingerprint density at radius 3 is 2.36 bits per heavy atom. The van der Waals surface area contributed by atoms with Gasteiger partial charge >= 0.3 is 0 Å². The molecule has 2 aliphatic rings. The maximum atomic E-state index is 14.9. The number of aryl methyl sites for hydroxylation is 1. The maximum Gasteiger partial charge on any atom is 0.243 e. The first kappa shape index (κ1) is 23.3. The minimum absolute atomic E-state index is 0.136. The van der Waals surface area contributed by atoms with Crippen molar-refractivity contribution in [3.05, 3.63) is 33.4 Å². The molecule has 2 aromatic rings.